The number of rotatable bonds is 9. The van der Waals surface area contributed by atoms with Crippen LogP contribution in [0, 0.1) is 0 Å². The zero-order valence-corrected chi connectivity index (χ0v) is 32.7. The van der Waals surface area contributed by atoms with Gasteiger partial charge in [0.05, 0.1) is 17.7 Å². The molecule has 6 aromatic rings. The molecule has 24 nitrogen and oxygen atoms in total. The highest BCUT2D eigenvalue weighted by Crippen LogP contribution is 2.52. The molecule has 66 heavy (non-hydrogen) atoms. The van der Waals surface area contributed by atoms with Crippen molar-refractivity contribution in [2.75, 3.05) is 6.61 Å². The Morgan fingerprint density at radius 1 is 0.606 bits per heavy atom. The topological polar surface area (TPSA) is 433 Å². The normalized spacial score (nSPS) is 19.3. The van der Waals surface area contributed by atoms with Crippen molar-refractivity contribution in [2.24, 2.45) is 0 Å². The number of hydrogen-bond donors (Lipinski definition) is 16. The average Bonchev–Trinajstić information content (AvgIpc) is 3.27. The minimum absolute atomic E-state index is 0.311. The molecule has 1 fully saturated rings. The Bertz CT molecular complexity index is 3000. The lowest BCUT2D eigenvalue weighted by atomic mass is 9.84. The maximum absolute atomic E-state index is 15.2. The molecule has 1 aromatic heterocycles. The van der Waals surface area contributed by atoms with E-state index in [0.29, 0.717) is 36.4 Å². The molecule has 1 saturated heterocycles. The lowest BCUT2D eigenvalue weighted by molar-refractivity contribution is -0.358. The number of carbonyl (C=O) groups excluding carboxylic acids is 3. The fourth-order valence-electron chi connectivity index (χ4n) is 6.89. The molecule has 5 atom stereocenters. The molecule has 16 N–H and O–H groups in total. The highest BCUT2D eigenvalue weighted by Gasteiger charge is 2.57. The van der Waals surface area contributed by atoms with E-state index in [1.54, 1.807) is 0 Å². The molecule has 24 heteroatoms. The number of phenolic OH excluding ortho intramolecular Hbond substituents is 11. The lowest BCUT2D eigenvalue weighted by Crippen LogP contribution is -2.63. The number of carbonyl (C=O) groups is 3. The summed E-state index contributed by atoms with van der Waals surface area (Å²) in [4.78, 5) is 57.6. The van der Waals surface area contributed by atoms with Gasteiger partial charge in [0.2, 0.25) is 22.7 Å². The van der Waals surface area contributed by atoms with Crippen molar-refractivity contribution in [1.82, 2.24) is 0 Å². The number of benzene rings is 5. The summed E-state index contributed by atoms with van der Waals surface area (Å²) in [5.41, 5.74) is -8.84. The summed E-state index contributed by atoms with van der Waals surface area (Å²) in [6.45, 7) is -1.29. The number of fused-ring (bicyclic) bond motifs is 1. The third kappa shape index (κ3) is 7.47. The van der Waals surface area contributed by atoms with Crippen LogP contribution in [0.1, 0.15) is 42.2 Å². The van der Waals surface area contributed by atoms with Crippen LogP contribution in [-0.2, 0) is 10.5 Å². The molecule has 0 bridgehead atoms. The lowest BCUT2D eigenvalue weighted by Gasteiger charge is -2.46. The zero-order chi connectivity index (χ0) is 48.4. The first-order chi connectivity index (χ1) is 31.0. The van der Waals surface area contributed by atoms with Gasteiger partial charge < -0.3 is 100 Å². The number of phenols is 11. The first-order valence-electron chi connectivity index (χ1n) is 18.5. The van der Waals surface area contributed by atoms with Crippen molar-refractivity contribution in [3.05, 3.63) is 98.7 Å². The van der Waals surface area contributed by atoms with Gasteiger partial charge in [-0.3, -0.25) is 9.59 Å². The van der Waals surface area contributed by atoms with E-state index in [1.165, 1.54) is 0 Å². The van der Waals surface area contributed by atoms with Crippen LogP contribution in [0.4, 0.5) is 0 Å². The number of aliphatic hydroxyl groups is 5. The monoisotopic (exact) mass is 920 g/mol. The molecule has 0 spiro atoms. The van der Waals surface area contributed by atoms with Crippen LogP contribution in [0.5, 0.6) is 74.7 Å². The second-order valence-corrected chi connectivity index (χ2v) is 14.4. The fourth-order valence-corrected chi connectivity index (χ4v) is 6.89. The van der Waals surface area contributed by atoms with Gasteiger partial charge in [-0.05, 0) is 60.7 Å². The third-order valence-electron chi connectivity index (χ3n) is 10.2. The maximum atomic E-state index is 15.2. The number of hydrogen-bond acceptors (Lipinski definition) is 24. The van der Waals surface area contributed by atoms with Crippen molar-refractivity contribution in [1.29, 1.82) is 0 Å². The van der Waals surface area contributed by atoms with E-state index >= 15 is 4.79 Å². The van der Waals surface area contributed by atoms with Crippen LogP contribution in [0.3, 0.4) is 0 Å². The van der Waals surface area contributed by atoms with E-state index in [9.17, 15) is 96.1 Å². The molecule has 5 aromatic carbocycles. The van der Waals surface area contributed by atoms with Crippen molar-refractivity contribution >= 4 is 28.7 Å². The summed E-state index contributed by atoms with van der Waals surface area (Å²) in [7, 11) is 0. The number of aliphatic hydroxyl groups excluding tert-OH is 4. The van der Waals surface area contributed by atoms with Gasteiger partial charge >= 0.3 is 11.9 Å². The van der Waals surface area contributed by atoms with Gasteiger partial charge in [-0.25, -0.2) is 9.59 Å². The molecule has 2 heterocycles. The van der Waals surface area contributed by atoms with Gasteiger partial charge in [0.1, 0.15) is 52.4 Å². The summed E-state index contributed by atoms with van der Waals surface area (Å²) in [6, 6.07) is 7.26. The van der Waals surface area contributed by atoms with E-state index in [0.717, 1.165) is 24.3 Å². The summed E-state index contributed by atoms with van der Waals surface area (Å²) in [5.74, 6) is -25.0. The van der Waals surface area contributed by atoms with Gasteiger partial charge in [-0.2, -0.15) is 0 Å². The van der Waals surface area contributed by atoms with Crippen molar-refractivity contribution < 1.29 is 115 Å². The summed E-state index contributed by atoms with van der Waals surface area (Å²) in [5, 5.41) is 167. The quantitative estimate of drug-likeness (QED) is 0.0406. The van der Waals surface area contributed by atoms with Crippen molar-refractivity contribution in [3.8, 4) is 86.1 Å². The second-order valence-electron chi connectivity index (χ2n) is 14.4. The largest absolute Gasteiger partial charge is 0.508 e. The maximum Gasteiger partial charge on any atom is 0.344 e. The summed E-state index contributed by atoms with van der Waals surface area (Å²) < 4.78 is 22.3. The van der Waals surface area contributed by atoms with E-state index in [2.05, 4.69) is 0 Å². The highest BCUT2D eigenvalue weighted by molar-refractivity contribution is 6.19. The molecule has 1 aliphatic rings. The van der Waals surface area contributed by atoms with Gasteiger partial charge in [-0.1, -0.05) is 0 Å². The molecule has 0 amide bonds. The molecule has 0 saturated carbocycles. The van der Waals surface area contributed by atoms with E-state index in [4.69, 9.17) is 18.6 Å². The first-order valence-corrected chi connectivity index (χ1v) is 18.5. The van der Waals surface area contributed by atoms with Crippen LogP contribution in [0.15, 0.2) is 69.9 Å². The molecule has 344 valence electrons. The van der Waals surface area contributed by atoms with E-state index in [1.807, 2.05) is 0 Å². The first kappa shape index (κ1) is 45.5. The highest BCUT2D eigenvalue weighted by atomic mass is 16.7. The van der Waals surface area contributed by atoms with Gasteiger partial charge in [0.15, 0.2) is 68.8 Å². The Morgan fingerprint density at radius 3 is 1.50 bits per heavy atom. The van der Waals surface area contributed by atoms with E-state index in [-0.39, 0.29) is 5.56 Å². The molecule has 1 aliphatic heterocycles. The number of ketones is 1. The smallest absolute Gasteiger partial charge is 0.344 e. The third-order valence-corrected chi connectivity index (χ3v) is 10.2. The predicted molar refractivity (Wildman–Crippen MR) is 213 cm³/mol. The number of ether oxygens (including phenoxy) is 3. The number of esters is 2. The SMILES string of the molecule is O=C(Oc1c(-c2ccc(O)cc2)oc2c(C(=O)c3cc(O)c(O)c(O)c3)c(O)c(C3(O)O[C@H](CO)[C@@H](O)[C@H](O)[C@H]3O)c(OC(=O)c3cc(O)c(O)c(O)c3)c2c1=O)c1cc(O)c(O)c(O)c1. The molecule has 1 unspecified atom stereocenters. The fraction of sp³-hybridized carbons (Fsp3) is 0.143. The Hall–Kier alpha value is -8.52. The summed E-state index contributed by atoms with van der Waals surface area (Å²) >= 11 is 0. The van der Waals surface area contributed by atoms with Crippen LogP contribution in [-0.4, -0.2) is 130 Å². The average molecular weight is 921 g/mol. The Morgan fingerprint density at radius 2 is 1.05 bits per heavy atom. The van der Waals surface area contributed by atoms with Crippen molar-refractivity contribution in [2.45, 2.75) is 30.2 Å². The standard InChI is InChI=1S/C42H32O24/c43-11-23-31(55)34(58)39(59)42(62,66-23)26-32(56)24(27(51)13-5-17(45)28(52)18(46)6-13)36-25(37(26)64-40(60)14-7-19(47)29(53)20(48)8-14)33(57)38(35(63-36)12-1-3-16(44)4-2-12)65-41(61)15-9-21(49)30(54)22(50)10-15/h1-10,23,31,34,39,43-50,52-56,58-59,62H,11H2/t23-,31-,34+,39-,42?/m1/s1. The van der Waals surface area contributed by atoms with Crippen LogP contribution < -0.4 is 14.9 Å². The molecular formula is C42H32O24. The van der Waals surface area contributed by atoms with Gasteiger partial charge in [0, 0.05) is 11.1 Å². The Labute approximate surface area is 364 Å². The minimum Gasteiger partial charge on any atom is -0.508 e. The minimum atomic E-state index is -3.85. The van der Waals surface area contributed by atoms with Crippen LogP contribution in [0.2, 0.25) is 0 Å². The molecule has 0 radical (unpaired) electrons. The van der Waals surface area contributed by atoms with Crippen LogP contribution >= 0.6 is 0 Å². The van der Waals surface area contributed by atoms with Crippen LogP contribution in [0.25, 0.3) is 22.3 Å². The van der Waals surface area contributed by atoms with Crippen molar-refractivity contribution in [3.63, 3.8) is 0 Å². The number of aromatic hydroxyl groups is 11. The second kappa shape index (κ2) is 16.6. The molecular weight excluding hydrogens is 888 g/mol. The van der Waals surface area contributed by atoms with Gasteiger partial charge in [0.25, 0.3) is 0 Å². The van der Waals surface area contributed by atoms with E-state index < -0.39 is 179 Å². The molecule has 0 aliphatic carbocycles. The summed E-state index contributed by atoms with van der Waals surface area (Å²) in [6.07, 6.45) is -9.88. The van der Waals surface area contributed by atoms with Gasteiger partial charge in [-0.15, -0.1) is 0 Å². The molecule has 7 rings (SSSR count). The Kier molecular flexibility index (Phi) is 11.4. The predicted octanol–water partition coefficient (Wildman–Crippen LogP) is 0.510. The Balaban J connectivity index is 1.67. The zero-order valence-electron chi connectivity index (χ0n) is 32.7.